The molecule has 5 heteroatoms. The number of benzene rings is 1. The summed E-state index contributed by atoms with van der Waals surface area (Å²) < 4.78 is 13.9. The minimum atomic E-state index is -0.541. The molecule has 0 saturated heterocycles. The first-order chi connectivity index (χ1) is 8.18. The molecule has 86 valence electrons. The van der Waals surface area contributed by atoms with Gasteiger partial charge in [-0.3, -0.25) is 4.79 Å². The molecular weight excluding hydrogens is 305 g/mol. The van der Waals surface area contributed by atoms with E-state index in [0.717, 1.165) is 11.8 Å². The molecule has 0 N–H and O–H groups in total. The smallest absolute Gasteiger partial charge is 0.228 e. The van der Waals surface area contributed by atoms with Crippen molar-refractivity contribution in [2.24, 2.45) is 0 Å². The number of rotatable bonds is 2. The average molecular weight is 312 g/mol. The van der Waals surface area contributed by atoms with E-state index >= 15 is 0 Å². The summed E-state index contributed by atoms with van der Waals surface area (Å²) in [4.78, 5) is 15.9. The first kappa shape index (κ1) is 12.3. The lowest BCUT2D eigenvalue weighted by Gasteiger charge is -2.02. The fourth-order valence-electron chi connectivity index (χ4n) is 1.22. The Morgan fingerprint density at radius 3 is 2.76 bits per heavy atom. The fourth-order valence-corrected chi connectivity index (χ4v) is 2.30. The normalized spacial score (nSPS) is 10.2. The van der Waals surface area contributed by atoms with E-state index in [1.807, 2.05) is 0 Å². The van der Waals surface area contributed by atoms with Crippen molar-refractivity contribution in [3.8, 4) is 0 Å². The SMILES string of the molecule is O=C(Sc1ccccn1)c1cccc(Br)c1F. The summed E-state index contributed by atoms with van der Waals surface area (Å²) in [6.07, 6.45) is 1.59. The third kappa shape index (κ3) is 2.92. The van der Waals surface area contributed by atoms with Gasteiger partial charge in [-0.05, 0) is 52.0 Å². The Morgan fingerprint density at radius 1 is 1.24 bits per heavy atom. The lowest BCUT2D eigenvalue weighted by atomic mass is 10.2. The molecule has 0 amide bonds. The molecule has 17 heavy (non-hydrogen) atoms. The number of aromatic nitrogens is 1. The van der Waals surface area contributed by atoms with Crippen LogP contribution < -0.4 is 0 Å². The zero-order valence-electron chi connectivity index (χ0n) is 8.56. The van der Waals surface area contributed by atoms with Crippen LogP contribution in [0.2, 0.25) is 0 Å². The minimum Gasteiger partial charge on any atom is -0.281 e. The summed E-state index contributed by atoms with van der Waals surface area (Å²) in [6, 6.07) is 9.88. The van der Waals surface area contributed by atoms with E-state index in [-0.39, 0.29) is 15.2 Å². The number of pyridine rings is 1. The van der Waals surface area contributed by atoms with Gasteiger partial charge in [0.05, 0.1) is 10.0 Å². The van der Waals surface area contributed by atoms with Crippen LogP contribution in [-0.2, 0) is 0 Å². The number of nitrogens with zero attached hydrogens (tertiary/aromatic N) is 1. The maximum atomic E-state index is 13.7. The fraction of sp³-hybridized carbons (Fsp3) is 0. The van der Waals surface area contributed by atoms with E-state index in [9.17, 15) is 9.18 Å². The van der Waals surface area contributed by atoms with Crippen LogP contribution >= 0.6 is 27.7 Å². The molecule has 0 aliphatic carbocycles. The molecule has 2 rings (SSSR count). The highest BCUT2D eigenvalue weighted by atomic mass is 79.9. The van der Waals surface area contributed by atoms with Crippen molar-refractivity contribution >= 4 is 32.8 Å². The minimum absolute atomic E-state index is 0.0510. The van der Waals surface area contributed by atoms with Crippen molar-refractivity contribution in [2.75, 3.05) is 0 Å². The van der Waals surface area contributed by atoms with Crippen LogP contribution in [0.15, 0.2) is 52.1 Å². The highest BCUT2D eigenvalue weighted by Gasteiger charge is 2.15. The summed E-state index contributed by atoms with van der Waals surface area (Å²) in [5.41, 5.74) is 0.0510. The van der Waals surface area contributed by atoms with Crippen LogP contribution in [0.5, 0.6) is 0 Å². The van der Waals surface area contributed by atoms with Crippen molar-refractivity contribution in [1.82, 2.24) is 4.98 Å². The van der Waals surface area contributed by atoms with Crippen LogP contribution in [0.4, 0.5) is 4.39 Å². The summed E-state index contributed by atoms with van der Waals surface area (Å²) >= 11 is 3.96. The number of carbonyl (C=O) groups is 1. The van der Waals surface area contributed by atoms with E-state index in [2.05, 4.69) is 20.9 Å². The van der Waals surface area contributed by atoms with Gasteiger partial charge in [-0.15, -0.1) is 0 Å². The second-order valence-corrected chi connectivity index (χ2v) is 5.01. The van der Waals surface area contributed by atoms with Gasteiger partial charge < -0.3 is 0 Å². The Labute approximate surface area is 110 Å². The van der Waals surface area contributed by atoms with Gasteiger partial charge in [-0.2, -0.15) is 0 Å². The molecule has 0 fully saturated rings. The van der Waals surface area contributed by atoms with E-state index in [0.29, 0.717) is 5.03 Å². The standard InChI is InChI=1S/C12H7BrFNOS/c13-9-5-3-4-8(11(9)14)12(16)17-10-6-1-2-7-15-10/h1-7H. The summed E-state index contributed by atoms with van der Waals surface area (Å²) in [5, 5.41) is 0.194. The average Bonchev–Trinajstić information content (AvgIpc) is 2.34. The predicted octanol–water partition coefficient (Wildman–Crippen LogP) is 3.92. The van der Waals surface area contributed by atoms with Crippen LogP contribution in [0.25, 0.3) is 0 Å². The van der Waals surface area contributed by atoms with Gasteiger partial charge in [0, 0.05) is 6.20 Å². The summed E-state index contributed by atoms with van der Waals surface area (Å²) in [7, 11) is 0. The molecule has 0 aliphatic heterocycles. The number of hydrogen-bond donors (Lipinski definition) is 0. The van der Waals surface area contributed by atoms with Crippen LogP contribution in [-0.4, -0.2) is 10.1 Å². The predicted molar refractivity (Wildman–Crippen MR) is 68.5 cm³/mol. The van der Waals surface area contributed by atoms with Gasteiger partial charge in [-0.25, -0.2) is 9.37 Å². The lowest BCUT2D eigenvalue weighted by Crippen LogP contribution is -1.98. The van der Waals surface area contributed by atoms with Gasteiger partial charge in [0.2, 0.25) is 5.12 Å². The highest BCUT2D eigenvalue weighted by molar-refractivity contribution is 9.10. The number of halogens is 2. The number of carbonyl (C=O) groups excluding carboxylic acids is 1. The quantitative estimate of drug-likeness (QED) is 0.787. The van der Waals surface area contributed by atoms with Crippen molar-refractivity contribution < 1.29 is 9.18 Å². The summed E-state index contributed by atoms with van der Waals surface area (Å²) in [5.74, 6) is -0.541. The third-order valence-electron chi connectivity index (χ3n) is 2.01. The number of thioether (sulfide) groups is 1. The second kappa shape index (κ2) is 5.42. The molecule has 2 aromatic rings. The molecule has 0 bridgehead atoms. The molecule has 1 aromatic heterocycles. The van der Waals surface area contributed by atoms with E-state index in [1.165, 1.54) is 6.07 Å². The van der Waals surface area contributed by atoms with Gasteiger partial charge in [0.25, 0.3) is 0 Å². The van der Waals surface area contributed by atoms with Crippen molar-refractivity contribution in [3.05, 3.63) is 58.4 Å². The molecule has 0 saturated carbocycles. The highest BCUT2D eigenvalue weighted by Crippen LogP contribution is 2.25. The van der Waals surface area contributed by atoms with Crippen LogP contribution in [0.1, 0.15) is 10.4 Å². The molecule has 0 spiro atoms. The van der Waals surface area contributed by atoms with Crippen LogP contribution in [0.3, 0.4) is 0 Å². The summed E-state index contributed by atoms with van der Waals surface area (Å²) in [6.45, 7) is 0. The maximum absolute atomic E-state index is 13.7. The topological polar surface area (TPSA) is 30.0 Å². The Balaban J connectivity index is 2.24. The Bertz CT molecular complexity index is 547. The Kier molecular flexibility index (Phi) is 3.91. The second-order valence-electron chi connectivity index (χ2n) is 3.16. The lowest BCUT2D eigenvalue weighted by molar-refractivity contribution is 0.108. The zero-order valence-corrected chi connectivity index (χ0v) is 11.0. The van der Waals surface area contributed by atoms with Crippen LogP contribution in [0, 0.1) is 5.82 Å². The van der Waals surface area contributed by atoms with Crippen molar-refractivity contribution in [2.45, 2.75) is 5.03 Å². The van der Waals surface area contributed by atoms with Gasteiger partial charge in [-0.1, -0.05) is 12.1 Å². The van der Waals surface area contributed by atoms with Crippen molar-refractivity contribution in [1.29, 1.82) is 0 Å². The molecule has 2 nitrogen and oxygen atoms in total. The number of hydrogen-bond acceptors (Lipinski definition) is 3. The molecular formula is C12H7BrFNOS. The van der Waals surface area contributed by atoms with Crippen molar-refractivity contribution in [3.63, 3.8) is 0 Å². The van der Waals surface area contributed by atoms with E-state index in [4.69, 9.17) is 0 Å². The Hall–Kier alpha value is -1.20. The monoisotopic (exact) mass is 311 g/mol. The third-order valence-corrected chi connectivity index (χ3v) is 3.47. The molecule has 1 aromatic carbocycles. The molecule has 0 radical (unpaired) electrons. The zero-order chi connectivity index (χ0) is 12.3. The van der Waals surface area contributed by atoms with E-state index < -0.39 is 5.82 Å². The maximum Gasteiger partial charge on any atom is 0.228 e. The first-order valence-electron chi connectivity index (χ1n) is 4.75. The van der Waals surface area contributed by atoms with E-state index in [1.54, 1.807) is 36.5 Å². The molecule has 1 heterocycles. The Morgan fingerprint density at radius 2 is 2.06 bits per heavy atom. The molecule has 0 atom stereocenters. The molecule has 0 unspecified atom stereocenters. The largest absolute Gasteiger partial charge is 0.281 e. The van der Waals surface area contributed by atoms with Gasteiger partial charge >= 0.3 is 0 Å². The van der Waals surface area contributed by atoms with Gasteiger partial charge in [0.15, 0.2) is 0 Å². The molecule has 0 aliphatic rings. The van der Waals surface area contributed by atoms with Gasteiger partial charge in [0.1, 0.15) is 10.8 Å². The first-order valence-corrected chi connectivity index (χ1v) is 6.36.